The van der Waals surface area contributed by atoms with Crippen LogP contribution in [0.4, 0.5) is 0 Å². The summed E-state index contributed by atoms with van der Waals surface area (Å²) in [6, 6.07) is 10.6. The van der Waals surface area contributed by atoms with Crippen LogP contribution in [0.25, 0.3) is 0 Å². The molecule has 2 saturated heterocycles. The molecule has 2 nitrogen and oxygen atoms in total. The molecule has 0 N–H and O–H groups in total. The van der Waals surface area contributed by atoms with Crippen LogP contribution in [-0.2, 0) is 9.47 Å². The van der Waals surface area contributed by atoms with E-state index >= 15 is 0 Å². The molecular weight excluding hydrogens is 220 g/mol. The molecule has 3 heteroatoms. The molecule has 2 heterocycles. The van der Waals surface area contributed by atoms with E-state index in [4.69, 9.17) is 9.47 Å². The normalized spacial score (nSPS) is 34.4. The maximum atomic E-state index is 5.89. The lowest BCUT2D eigenvalue weighted by Gasteiger charge is -2.31. The van der Waals surface area contributed by atoms with Crippen molar-refractivity contribution in [3.05, 3.63) is 35.9 Å². The highest BCUT2D eigenvalue weighted by Gasteiger charge is 2.43. The van der Waals surface area contributed by atoms with Gasteiger partial charge in [-0.1, -0.05) is 42.1 Å². The predicted molar refractivity (Wildman–Crippen MR) is 65.3 cm³/mol. The third kappa shape index (κ3) is 1.99. The van der Waals surface area contributed by atoms with Gasteiger partial charge < -0.3 is 9.47 Å². The van der Waals surface area contributed by atoms with Crippen LogP contribution in [0.2, 0.25) is 0 Å². The van der Waals surface area contributed by atoms with Gasteiger partial charge >= 0.3 is 0 Å². The maximum Gasteiger partial charge on any atom is 0.218 e. The monoisotopic (exact) mass is 236 g/mol. The van der Waals surface area contributed by atoms with Crippen molar-refractivity contribution < 1.29 is 9.47 Å². The zero-order valence-corrected chi connectivity index (χ0v) is 10.0. The van der Waals surface area contributed by atoms with E-state index in [1.54, 1.807) is 0 Å². The third-order valence-electron chi connectivity index (χ3n) is 3.15. The molecule has 2 atom stereocenters. The van der Waals surface area contributed by atoms with Crippen LogP contribution >= 0.6 is 11.8 Å². The first-order valence-electron chi connectivity index (χ1n) is 5.89. The van der Waals surface area contributed by atoms with E-state index in [1.807, 2.05) is 11.8 Å². The van der Waals surface area contributed by atoms with Crippen molar-refractivity contribution in [2.45, 2.75) is 29.6 Å². The lowest BCUT2D eigenvalue weighted by molar-refractivity contribution is -0.180. The van der Waals surface area contributed by atoms with Crippen molar-refractivity contribution >= 4 is 11.8 Å². The van der Waals surface area contributed by atoms with Gasteiger partial charge in [0.05, 0.1) is 18.5 Å². The Morgan fingerprint density at radius 3 is 2.75 bits per heavy atom. The van der Waals surface area contributed by atoms with Gasteiger partial charge in [-0.05, 0) is 18.4 Å². The van der Waals surface area contributed by atoms with E-state index in [-0.39, 0.29) is 5.12 Å². The minimum atomic E-state index is -0.335. The molecule has 1 aromatic carbocycles. The Balaban J connectivity index is 1.73. The molecule has 16 heavy (non-hydrogen) atoms. The van der Waals surface area contributed by atoms with Crippen molar-refractivity contribution in [2.24, 2.45) is 0 Å². The highest BCUT2D eigenvalue weighted by atomic mass is 32.2. The van der Waals surface area contributed by atoms with Crippen LogP contribution in [0.15, 0.2) is 30.3 Å². The van der Waals surface area contributed by atoms with Crippen LogP contribution < -0.4 is 0 Å². The summed E-state index contributed by atoms with van der Waals surface area (Å²) in [5.74, 6) is 0. The Labute approximate surface area is 100 Å². The number of thioether (sulfide) groups is 1. The van der Waals surface area contributed by atoms with E-state index in [0.29, 0.717) is 5.25 Å². The highest BCUT2D eigenvalue weighted by molar-refractivity contribution is 8.00. The largest absolute Gasteiger partial charge is 0.341 e. The molecule has 0 unspecified atom stereocenters. The molecule has 0 radical (unpaired) electrons. The van der Waals surface area contributed by atoms with Gasteiger partial charge in [-0.25, -0.2) is 0 Å². The molecule has 0 amide bonds. The second-order valence-corrected chi connectivity index (χ2v) is 5.74. The van der Waals surface area contributed by atoms with E-state index < -0.39 is 0 Å². The average Bonchev–Trinajstić information content (AvgIpc) is 2.75. The molecule has 0 aromatic heterocycles. The van der Waals surface area contributed by atoms with E-state index in [2.05, 4.69) is 30.3 Å². The van der Waals surface area contributed by atoms with Gasteiger partial charge in [0.2, 0.25) is 5.12 Å². The summed E-state index contributed by atoms with van der Waals surface area (Å²) in [6.07, 6.45) is 3.41. The van der Waals surface area contributed by atoms with E-state index in [1.165, 1.54) is 18.4 Å². The van der Waals surface area contributed by atoms with Gasteiger partial charge in [0, 0.05) is 6.42 Å². The summed E-state index contributed by atoms with van der Waals surface area (Å²) >= 11 is 1.84. The molecular formula is C13H16O2S. The quantitative estimate of drug-likeness (QED) is 0.745. The number of rotatable bonds is 1. The molecule has 1 aromatic rings. The molecule has 2 fully saturated rings. The van der Waals surface area contributed by atoms with Crippen molar-refractivity contribution in [3.8, 4) is 0 Å². The predicted octanol–water partition coefficient (Wildman–Crippen LogP) is 3.35. The van der Waals surface area contributed by atoms with Gasteiger partial charge in [-0.15, -0.1) is 0 Å². The van der Waals surface area contributed by atoms with Gasteiger partial charge in [-0.2, -0.15) is 0 Å². The zero-order chi connectivity index (χ0) is 10.8. The van der Waals surface area contributed by atoms with E-state index in [9.17, 15) is 0 Å². The molecule has 0 bridgehead atoms. The minimum Gasteiger partial charge on any atom is -0.341 e. The molecule has 3 rings (SSSR count). The fourth-order valence-electron chi connectivity index (χ4n) is 2.27. The van der Waals surface area contributed by atoms with Crippen LogP contribution in [0.3, 0.4) is 0 Å². The summed E-state index contributed by atoms with van der Waals surface area (Å²) < 4.78 is 11.7. The van der Waals surface area contributed by atoms with Crippen molar-refractivity contribution in [1.29, 1.82) is 0 Å². The Hall–Kier alpha value is -0.510. The minimum absolute atomic E-state index is 0.335. The molecule has 2 aliphatic rings. The highest BCUT2D eigenvalue weighted by Crippen LogP contribution is 2.50. The first kappa shape index (κ1) is 10.6. The number of ether oxygens (including phenoxy) is 2. The number of hydrogen-bond donors (Lipinski definition) is 0. The smallest absolute Gasteiger partial charge is 0.218 e. The number of hydrogen-bond acceptors (Lipinski definition) is 3. The first-order valence-corrected chi connectivity index (χ1v) is 6.77. The SMILES string of the molecule is c1ccc([C@H]2CO[C@@]3(CCCCO3)S2)cc1. The van der Waals surface area contributed by atoms with E-state index in [0.717, 1.165) is 19.6 Å². The van der Waals surface area contributed by atoms with Crippen LogP contribution in [0, 0.1) is 0 Å². The molecule has 1 spiro atoms. The molecule has 2 aliphatic heterocycles. The standard InChI is InChI=1S/C13H16O2S/c1-2-6-11(7-3-1)12-10-15-13(16-12)8-4-5-9-14-13/h1-3,6-7,12H,4-5,8-10H2/t12-,13+/m1/s1. The topological polar surface area (TPSA) is 18.5 Å². The Morgan fingerprint density at radius 1 is 1.12 bits per heavy atom. The van der Waals surface area contributed by atoms with Crippen LogP contribution in [0.1, 0.15) is 30.1 Å². The van der Waals surface area contributed by atoms with Gasteiger partial charge in [-0.3, -0.25) is 0 Å². The summed E-state index contributed by atoms with van der Waals surface area (Å²) in [6.45, 7) is 1.61. The van der Waals surface area contributed by atoms with Crippen LogP contribution in [0.5, 0.6) is 0 Å². The van der Waals surface area contributed by atoms with Crippen molar-refractivity contribution in [3.63, 3.8) is 0 Å². The second-order valence-electron chi connectivity index (χ2n) is 4.32. The Bertz CT molecular complexity index is 346. The second kappa shape index (κ2) is 4.40. The van der Waals surface area contributed by atoms with Gasteiger partial charge in [0.15, 0.2) is 0 Å². The van der Waals surface area contributed by atoms with Crippen molar-refractivity contribution in [2.75, 3.05) is 13.2 Å². The molecule has 0 saturated carbocycles. The lowest BCUT2D eigenvalue weighted by atomic mass is 10.1. The van der Waals surface area contributed by atoms with Gasteiger partial charge in [0.1, 0.15) is 0 Å². The number of benzene rings is 1. The van der Waals surface area contributed by atoms with Crippen molar-refractivity contribution in [1.82, 2.24) is 0 Å². The van der Waals surface area contributed by atoms with Crippen LogP contribution in [-0.4, -0.2) is 18.3 Å². The zero-order valence-electron chi connectivity index (χ0n) is 9.22. The lowest BCUT2D eigenvalue weighted by Crippen LogP contribution is -2.32. The van der Waals surface area contributed by atoms with Gasteiger partial charge in [0.25, 0.3) is 0 Å². The summed E-state index contributed by atoms with van der Waals surface area (Å²) in [5, 5.41) is 0.0953. The fraction of sp³-hybridized carbons (Fsp3) is 0.538. The Kier molecular flexibility index (Phi) is 2.92. The third-order valence-corrected chi connectivity index (χ3v) is 4.64. The first-order chi connectivity index (χ1) is 7.88. The maximum absolute atomic E-state index is 5.89. The summed E-state index contributed by atoms with van der Waals surface area (Å²) in [5.41, 5.74) is 1.35. The Morgan fingerprint density at radius 2 is 2.00 bits per heavy atom. The fourth-order valence-corrected chi connectivity index (χ4v) is 3.68. The molecule has 0 aliphatic carbocycles. The average molecular weight is 236 g/mol. The summed E-state index contributed by atoms with van der Waals surface area (Å²) in [7, 11) is 0. The summed E-state index contributed by atoms with van der Waals surface area (Å²) in [4.78, 5) is 0. The molecule has 86 valence electrons.